The van der Waals surface area contributed by atoms with E-state index in [0.717, 1.165) is 0 Å². The zero-order valence-electron chi connectivity index (χ0n) is 12.0. The van der Waals surface area contributed by atoms with Crippen molar-refractivity contribution >= 4 is 11.7 Å². The fraction of sp³-hybridized carbons (Fsp3) is 0.615. The Bertz CT molecular complexity index is 418. The Morgan fingerprint density at radius 3 is 2.53 bits per heavy atom. The molecule has 1 atom stereocenters. The zero-order valence-corrected chi connectivity index (χ0v) is 12.0. The van der Waals surface area contributed by atoms with Crippen molar-refractivity contribution in [3.63, 3.8) is 0 Å². The summed E-state index contributed by atoms with van der Waals surface area (Å²) in [6, 6.07) is 3.39. The summed E-state index contributed by atoms with van der Waals surface area (Å²) in [6.07, 6.45) is 0. The normalized spacial score (nSPS) is 14.0. The maximum absolute atomic E-state index is 11.6. The van der Waals surface area contributed by atoms with E-state index in [9.17, 15) is 4.79 Å². The summed E-state index contributed by atoms with van der Waals surface area (Å²) in [4.78, 5) is 11.6. The van der Waals surface area contributed by atoms with Gasteiger partial charge in [0.2, 0.25) is 0 Å². The molecule has 0 fully saturated rings. The summed E-state index contributed by atoms with van der Waals surface area (Å²) in [5, 5.41) is 13.9. The van der Waals surface area contributed by atoms with Gasteiger partial charge in [0, 0.05) is 13.1 Å². The van der Waals surface area contributed by atoms with Gasteiger partial charge in [0.05, 0.1) is 5.54 Å². The third-order valence-electron chi connectivity index (χ3n) is 3.35. The van der Waals surface area contributed by atoms with Crippen molar-refractivity contribution < 1.29 is 4.79 Å². The first-order chi connectivity index (χ1) is 8.92. The standard InChI is InChI=1S/C13H23N5O/c1-5-15-12(19)10-6-7-11(18-17-10)16-13(4,8-14)9(2)3/h6-7,9H,5,8,14H2,1-4H3,(H,15,19)(H,16,18). The monoisotopic (exact) mass is 265 g/mol. The van der Waals surface area contributed by atoms with Crippen molar-refractivity contribution in [3.05, 3.63) is 17.8 Å². The first-order valence-electron chi connectivity index (χ1n) is 6.53. The van der Waals surface area contributed by atoms with Crippen LogP contribution in [0.3, 0.4) is 0 Å². The molecule has 0 bridgehead atoms. The highest BCUT2D eigenvalue weighted by atomic mass is 16.1. The molecule has 6 nitrogen and oxygen atoms in total. The molecule has 19 heavy (non-hydrogen) atoms. The second-order valence-electron chi connectivity index (χ2n) is 5.06. The number of nitrogens with zero attached hydrogens (tertiary/aromatic N) is 2. The van der Waals surface area contributed by atoms with E-state index >= 15 is 0 Å². The number of carbonyl (C=O) groups excluding carboxylic acids is 1. The molecular weight excluding hydrogens is 242 g/mol. The van der Waals surface area contributed by atoms with E-state index in [0.29, 0.717) is 30.5 Å². The van der Waals surface area contributed by atoms with E-state index in [2.05, 4.69) is 34.7 Å². The van der Waals surface area contributed by atoms with Gasteiger partial charge in [-0.1, -0.05) is 13.8 Å². The highest BCUT2D eigenvalue weighted by molar-refractivity contribution is 5.92. The molecule has 1 aromatic heterocycles. The van der Waals surface area contributed by atoms with Crippen molar-refractivity contribution in [2.45, 2.75) is 33.2 Å². The SMILES string of the molecule is CCNC(=O)c1ccc(NC(C)(CN)C(C)C)nn1. The first kappa shape index (κ1) is 15.4. The van der Waals surface area contributed by atoms with Crippen molar-refractivity contribution in [2.75, 3.05) is 18.4 Å². The van der Waals surface area contributed by atoms with Crippen molar-refractivity contribution in [1.29, 1.82) is 0 Å². The zero-order chi connectivity index (χ0) is 14.5. The maximum Gasteiger partial charge on any atom is 0.271 e. The van der Waals surface area contributed by atoms with E-state index in [1.807, 2.05) is 13.8 Å². The van der Waals surface area contributed by atoms with Crippen LogP contribution in [-0.4, -0.2) is 34.7 Å². The van der Waals surface area contributed by atoms with E-state index in [4.69, 9.17) is 5.73 Å². The molecule has 1 heterocycles. The molecule has 1 unspecified atom stereocenters. The van der Waals surface area contributed by atoms with Gasteiger partial charge in [-0.15, -0.1) is 10.2 Å². The number of aromatic nitrogens is 2. The highest BCUT2D eigenvalue weighted by Gasteiger charge is 2.26. The Morgan fingerprint density at radius 2 is 2.11 bits per heavy atom. The van der Waals surface area contributed by atoms with Crippen LogP contribution in [0.25, 0.3) is 0 Å². The summed E-state index contributed by atoms with van der Waals surface area (Å²) >= 11 is 0. The number of hydrogen-bond acceptors (Lipinski definition) is 5. The lowest BCUT2D eigenvalue weighted by Crippen LogP contribution is -2.47. The average molecular weight is 265 g/mol. The van der Waals surface area contributed by atoms with E-state index < -0.39 is 0 Å². The molecule has 0 radical (unpaired) electrons. The Kier molecular flexibility index (Phi) is 5.23. The minimum atomic E-state index is -0.248. The van der Waals surface area contributed by atoms with Crippen LogP contribution in [0.1, 0.15) is 38.2 Å². The van der Waals surface area contributed by atoms with Gasteiger partial charge in [0.1, 0.15) is 5.82 Å². The molecule has 4 N–H and O–H groups in total. The Labute approximate surface area is 114 Å². The number of carbonyl (C=O) groups is 1. The molecule has 0 spiro atoms. The molecule has 0 saturated carbocycles. The lowest BCUT2D eigenvalue weighted by atomic mass is 9.88. The number of nitrogens with one attached hydrogen (secondary N) is 2. The molecule has 0 aliphatic carbocycles. The van der Waals surface area contributed by atoms with Crippen LogP contribution >= 0.6 is 0 Å². The number of hydrogen-bond donors (Lipinski definition) is 3. The van der Waals surface area contributed by atoms with Gasteiger partial charge in [0.25, 0.3) is 5.91 Å². The molecule has 1 aromatic rings. The van der Waals surface area contributed by atoms with E-state index in [1.165, 1.54) is 0 Å². The molecule has 1 rings (SSSR count). The average Bonchev–Trinajstić information content (AvgIpc) is 2.39. The molecule has 6 heteroatoms. The maximum atomic E-state index is 11.6. The quantitative estimate of drug-likeness (QED) is 0.714. The predicted molar refractivity (Wildman–Crippen MR) is 76.0 cm³/mol. The smallest absolute Gasteiger partial charge is 0.271 e. The largest absolute Gasteiger partial charge is 0.362 e. The number of amides is 1. The summed E-state index contributed by atoms with van der Waals surface area (Å²) in [5.74, 6) is 0.754. The molecule has 0 aliphatic heterocycles. The van der Waals surface area contributed by atoms with E-state index in [-0.39, 0.29) is 11.4 Å². The van der Waals surface area contributed by atoms with Crippen molar-refractivity contribution in [2.24, 2.45) is 11.7 Å². The minimum Gasteiger partial charge on any atom is -0.362 e. The third-order valence-corrected chi connectivity index (χ3v) is 3.35. The van der Waals surface area contributed by atoms with Crippen LogP contribution in [-0.2, 0) is 0 Å². The van der Waals surface area contributed by atoms with Crippen molar-refractivity contribution in [1.82, 2.24) is 15.5 Å². The van der Waals surface area contributed by atoms with Gasteiger partial charge in [-0.2, -0.15) is 0 Å². The van der Waals surface area contributed by atoms with Crippen LogP contribution in [0, 0.1) is 5.92 Å². The molecule has 0 aliphatic rings. The molecule has 0 saturated heterocycles. The summed E-state index contributed by atoms with van der Waals surface area (Å²) in [6.45, 7) is 9.14. The van der Waals surface area contributed by atoms with Gasteiger partial charge in [-0.25, -0.2) is 0 Å². The lowest BCUT2D eigenvalue weighted by molar-refractivity contribution is 0.0950. The van der Waals surface area contributed by atoms with Crippen LogP contribution < -0.4 is 16.4 Å². The van der Waals surface area contributed by atoms with Gasteiger partial charge in [-0.3, -0.25) is 4.79 Å². The molecular formula is C13H23N5O. The summed E-state index contributed by atoms with van der Waals surface area (Å²) < 4.78 is 0. The van der Waals surface area contributed by atoms with Gasteiger partial charge < -0.3 is 16.4 Å². The number of nitrogens with two attached hydrogens (primary N) is 1. The second-order valence-corrected chi connectivity index (χ2v) is 5.06. The fourth-order valence-electron chi connectivity index (χ4n) is 1.49. The van der Waals surface area contributed by atoms with E-state index in [1.54, 1.807) is 12.1 Å². The van der Waals surface area contributed by atoms with Gasteiger partial charge in [-0.05, 0) is 31.9 Å². The van der Waals surface area contributed by atoms with Crippen LogP contribution in [0.15, 0.2) is 12.1 Å². The predicted octanol–water partition coefficient (Wildman–Crippen LogP) is 1.01. The topological polar surface area (TPSA) is 92.9 Å². The minimum absolute atomic E-state index is 0.216. The van der Waals surface area contributed by atoms with Crippen LogP contribution in [0.4, 0.5) is 5.82 Å². The highest BCUT2D eigenvalue weighted by Crippen LogP contribution is 2.20. The first-order valence-corrected chi connectivity index (χ1v) is 6.53. The van der Waals surface area contributed by atoms with Crippen molar-refractivity contribution in [3.8, 4) is 0 Å². The molecule has 0 aromatic carbocycles. The molecule has 1 amide bonds. The van der Waals surface area contributed by atoms with Gasteiger partial charge >= 0.3 is 0 Å². The van der Waals surface area contributed by atoms with Gasteiger partial charge in [0.15, 0.2) is 5.69 Å². The summed E-state index contributed by atoms with van der Waals surface area (Å²) in [7, 11) is 0. The van der Waals surface area contributed by atoms with Crippen LogP contribution in [0.5, 0.6) is 0 Å². The Hall–Kier alpha value is -1.69. The number of anilines is 1. The lowest BCUT2D eigenvalue weighted by Gasteiger charge is -2.33. The summed E-state index contributed by atoms with van der Waals surface area (Å²) in [5.41, 5.74) is 5.86. The number of rotatable bonds is 6. The second kappa shape index (κ2) is 6.47. The fourth-order valence-corrected chi connectivity index (χ4v) is 1.49. The third kappa shape index (κ3) is 3.89. The van der Waals surface area contributed by atoms with Crippen LogP contribution in [0.2, 0.25) is 0 Å². The Morgan fingerprint density at radius 1 is 1.42 bits per heavy atom. The Balaban J connectivity index is 2.79. The molecule has 106 valence electrons.